The molecule has 7 nitrogen and oxygen atoms in total. The highest BCUT2D eigenvalue weighted by molar-refractivity contribution is 5.91. The molecule has 0 spiro atoms. The van der Waals surface area contributed by atoms with Crippen molar-refractivity contribution in [3.8, 4) is 5.75 Å². The van der Waals surface area contributed by atoms with Gasteiger partial charge in [-0.25, -0.2) is 9.37 Å². The molecule has 1 fully saturated rings. The van der Waals surface area contributed by atoms with E-state index in [1.807, 2.05) is 23.1 Å². The van der Waals surface area contributed by atoms with Gasteiger partial charge in [0, 0.05) is 19.0 Å². The normalized spacial score (nSPS) is 16.4. The molecule has 1 aliphatic heterocycles. The lowest BCUT2D eigenvalue weighted by Crippen LogP contribution is -2.41. The molecule has 4 aromatic rings. The second-order valence-electron chi connectivity index (χ2n) is 10.5. The summed E-state index contributed by atoms with van der Waals surface area (Å²) in [5, 5.41) is 2.75. The summed E-state index contributed by atoms with van der Waals surface area (Å²) in [6.07, 6.45) is 4.02. The SMILES string of the molecule is Cc1cccc(C2c3cc(OCc4nc(C(=O)NCc5ccc(F)cc5)co4)ccc3CCN2C(=O)C2CC2)c1. The van der Waals surface area contributed by atoms with Gasteiger partial charge in [-0.2, -0.15) is 0 Å². The third kappa shape index (κ3) is 5.61. The van der Waals surface area contributed by atoms with Crippen LogP contribution in [0.15, 0.2) is 77.4 Å². The van der Waals surface area contributed by atoms with Gasteiger partial charge in [-0.15, -0.1) is 0 Å². The Kier molecular flexibility index (Phi) is 7.07. The zero-order chi connectivity index (χ0) is 27.6. The van der Waals surface area contributed by atoms with E-state index in [2.05, 4.69) is 41.5 Å². The van der Waals surface area contributed by atoms with Crippen LogP contribution in [0, 0.1) is 18.7 Å². The van der Waals surface area contributed by atoms with E-state index in [0.717, 1.165) is 41.5 Å². The van der Waals surface area contributed by atoms with Crippen molar-refractivity contribution in [2.45, 2.75) is 45.4 Å². The number of hydrogen-bond donors (Lipinski definition) is 1. The zero-order valence-corrected chi connectivity index (χ0v) is 22.2. The maximum atomic E-state index is 13.3. The molecule has 8 heteroatoms. The van der Waals surface area contributed by atoms with Crippen molar-refractivity contribution < 1.29 is 23.1 Å². The molecule has 1 N–H and O–H groups in total. The second-order valence-corrected chi connectivity index (χ2v) is 10.5. The number of carbonyl (C=O) groups excluding carboxylic acids is 2. The highest BCUT2D eigenvalue weighted by atomic mass is 19.1. The molecule has 204 valence electrons. The molecule has 0 saturated heterocycles. The first-order valence-electron chi connectivity index (χ1n) is 13.5. The number of amides is 2. The lowest BCUT2D eigenvalue weighted by atomic mass is 9.87. The Morgan fingerprint density at radius 3 is 2.70 bits per heavy atom. The second kappa shape index (κ2) is 11.0. The van der Waals surface area contributed by atoms with E-state index in [0.29, 0.717) is 12.3 Å². The molecular formula is C32H30FN3O4. The van der Waals surface area contributed by atoms with Crippen molar-refractivity contribution >= 4 is 11.8 Å². The number of nitrogens with one attached hydrogen (secondary N) is 1. The molecule has 1 aromatic heterocycles. The summed E-state index contributed by atoms with van der Waals surface area (Å²) in [6, 6.07) is 20.1. The molecule has 1 aliphatic carbocycles. The quantitative estimate of drug-likeness (QED) is 0.319. The average Bonchev–Trinajstić information content (AvgIpc) is 3.71. The predicted molar refractivity (Wildman–Crippen MR) is 146 cm³/mol. The molecule has 40 heavy (non-hydrogen) atoms. The molecule has 2 amide bonds. The van der Waals surface area contributed by atoms with Crippen LogP contribution in [0.3, 0.4) is 0 Å². The first kappa shape index (κ1) is 25.8. The molecular weight excluding hydrogens is 509 g/mol. The van der Waals surface area contributed by atoms with Gasteiger partial charge < -0.3 is 19.4 Å². The van der Waals surface area contributed by atoms with Crippen molar-refractivity contribution in [3.63, 3.8) is 0 Å². The molecule has 2 aliphatic rings. The smallest absolute Gasteiger partial charge is 0.273 e. The van der Waals surface area contributed by atoms with Crippen molar-refractivity contribution in [1.29, 1.82) is 0 Å². The monoisotopic (exact) mass is 539 g/mol. The lowest BCUT2D eigenvalue weighted by Gasteiger charge is -2.38. The molecule has 1 unspecified atom stereocenters. The van der Waals surface area contributed by atoms with E-state index < -0.39 is 5.91 Å². The molecule has 0 radical (unpaired) electrons. The topological polar surface area (TPSA) is 84.7 Å². The number of carbonyl (C=O) groups is 2. The van der Waals surface area contributed by atoms with Gasteiger partial charge in [-0.3, -0.25) is 9.59 Å². The Balaban J connectivity index is 1.16. The molecule has 1 saturated carbocycles. The van der Waals surface area contributed by atoms with E-state index in [4.69, 9.17) is 9.15 Å². The van der Waals surface area contributed by atoms with Crippen molar-refractivity contribution in [1.82, 2.24) is 15.2 Å². The Labute approximate surface area is 232 Å². The van der Waals surface area contributed by atoms with Crippen LogP contribution in [0.4, 0.5) is 4.39 Å². The maximum Gasteiger partial charge on any atom is 0.273 e. The zero-order valence-electron chi connectivity index (χ0n) is 22.2. The van der Waals surface area contributed by atoms with Crippen LogP contribution in [-0.2, 0) is 24.4 Å². The van der Waals surface area contributed by atoms with E-state index in [-0.39, 0.29) is 48.4 Å². The number of aromatic nitrogens is 1. The first-order chi connectivity index (χ1) is 19.4. The lowest BCUT2D eigenvalue weighted by molar-refractivity contribution is -0.134. The predicted octanol–water partition coefficient (Wildman–Crippen LogP) is 5.52. The number of benzene rings is 3. The van der Waals surface area contributed by atoms with Gasteiger partial charge in [0.15, 0.2) is 12.3 Å². The number of nitrogens with zero attached hydrogens (tertiary/aromatic N) is 2. The number of oxazole rings is 1. The summed E-state index contributed by atoms with van der Waals surface area (Å²) in [4.78, 5) is 32.0. The van der Waals surface area contributed by atoms with Crippen LogP contribution in [0.5, 0.6) is 5.75 Å². The van der Waals surface area contributed by atoms with Crippen LogP contribution in [0.25, 0.3) is 0 Å². The maximum absolute atomic E-state index is 13.3. The van der Waals surface area contributed by atoms with E-state index in [1.54, 1.807) is 12.1 Å². The Morgan fingerprint density at radius 1 is 1.10 bits per heavy atom. The standard InChI is InChI=1S/C32H30FN3O4/c1-20-3-2-4-24(15-20)30-27-16-26(12-9-22(27)13-14-36(30)32(38)23-7-8-23)39-19-29-35-28(18-40-29)31(37)34-17-21-5-10-25(33)11-6-21/h2-6,9-12,15-16,18,23,30H,7-8,13-14,17,19H2,1H3,(H,34,37). The van der Waals surface area contributed by atoms with Crippen LogP contribution in [0.1, 0.15) is 63.1 Å². The largest absolute Gasteiger partial charge is 0.484 e. The minimum atomic E-state index is -0.394. The van der Waals surface area contributed by atoms with Gasteiger partial charge in [0.25, 0.3) is 5.91 Å². The number of aryl methyl sites for hydroxylation is 1. The fourth-order valence-corrected chi connectivity index (χ4v) is 5.19. The molecule has 2 heterocycles. The Morgan fingerprint density at radius 2 is 1.93 bits per heavy atom. The Bertz CT molecular complexity index is 1540. The fourth-order valence-electron chi connectivity index (χ4n) is 5.19. The van der Waals surface area contributed by atoms with Crippen molar-refractivity contribution in [3.05, 3.63) is 118 Å². The Hall–Kier alpha value is -4.46. The molecule has 6 rings (SSSR count). The summed E-state index contributed by atoms with van der Waals surface area (Å²) in [7, 11) is 0. The minimum absolute atomic E-state index is 0.0455. The van der Waals surface area contributed by atoms with Gasteiger partial charge in [-0.05, 0) is 72.7 Å². The van der Waals surface area contributed by atoms with E-state index in [9.17, 15) is 14.0 Å². The van der Waals surface area contributed by atoms with Crippen LogP contribution >= 0.6 is 0 Å². The number of ether oxygens (including phenoxy) is 1. The third-order valence-corrected chi connectivity index (χ3v) is 7.43. The van der Waals surface area contributed by atoms with Gasteiger partial charge >= 0.3 is 0 Å². The van der Waals surface area contributed by atoms with Gasteiger partial charge in [0.05, 0.1) is 6.04 Å². The van der Waals surface area contributed by atoms with Crippen molar-refractivity contribution in [2.24, 2.45) is 5.92 Å². The van der Waals surface area contributed by atoms with Crippen LogP contribution < -0.4 is 10.1 Å². The number of rotatable bonds is 8. The highest BCUT2D eigenvalue weighted by Crippen LogP contribution is 2.41. The summed E-state index contributed by atoms with van der Waals surface area (Å²) in [5.74, 6) is 0.552. The van der Waals surface area contributed by atoms with Crippen LogP contribution in [-0.4, -0.2) is 28.2 Å². The molecule has 3 aromatic carbocycles. The minimum Gasteiger partial charge on any atom is -0.484 e. The number of fused-ring (bicyclic) bond motifs is 1. The van der Waals surface area contributed by atoms with E-state index in [1.165, 1.54) is 24.0 Å². The molecule has 1 atom stereocenters. The summed E-state index contributed by atoms with van der Waals surface area (Å²) in [5.41, 5.74) is 5.43. The van der Waals surface area contributed by atoms with Crippen molar-refractivity contribution in [2.75, 3.05) is 6.54 Å². The highest BCUT2D eigenvalue weighted by Gasteiger charge is 2.39. The summed E-state index contributed by atoms with van der Waals surface area (Å²) in [6.45, 7) is 3.05. The average molecular weight is 540 g/mol. The van der Waals surface area contributed by atoms with Gasteiger partial charge in [0.1, 0.15) is 17.8 Å². The number of halogens is 1. The number of hydrogen-bond acceptors (Lipinski definition) is 5. The third-order valence-electron chi connectivity index (χ3n) is 7.43. The van der Waals surface area contributed by atoms with Gasteiger partial charge in [-0.1, -0.05) is 48.0 Å². The fraction of sp³-hybridized carbons (Fsp3) is 0.281. The van der Waals surface area contributed by atoms with Gasteiger partial charge in [0.2, 0.25) is 11.8 Å². The first-order valence-corrected chi connectivity index (χ1v) is 13.5. The summed E-state index contributed by atoms with van der Waals surface area (Å²) >= 11 is 0. The summed E-state index contributed by atoms with van der Waals surface area (Å²) < 4.78 is 24.6. The van der Waals surface area contributed by atoms with E-state index >= 15 is 0 Å². The molecule has 0 bridgehead atoms. The van der Waals surface area contributed by atoms with Crippen LogP contribution in [0.2, 0.25) is 0 Å².